The molecule has 0 bridgehead atoms. The molecular weight excluding hydrogens is 309 g/mol. The van der Waals surface area contributed by atoms with Gasteiger partial charge in [-0.3, -0.25) is 9.78 Å². The predicted molar refractivity (Wildman–Crippen MR) is 85.7 cm³/mol. The van der Waals surface area contributed by atoms with Crippen LogP contribution in [0.2, 0.25) is 10.0 Å². The van der Waals surface area contributed by atoms with Crippen molar-refractivity contribution in [2.24, 2.45) is 0 Å². The fourth-order valence-corrected chi connectivity index (χ4v) is 2.19. The van der Waals surface area contributed by atoms with Gasteiger partial charge in [-0.05, 0) is 35.9 Å². The van der Waals surface area contributed by atoms with E-state index in [0.29, 0.717) is 35.2 Å². The van der Waals surface area contributed by atoms with E-state index in [1.165, 1.54) is 0 Å². The topological polar surface area (TPSA) is 54.0 Å². The summed E-state index contributed by atoms with van der Waals surface area (Å²) in [7, 11) is 0. The quantitative estimate of drug-likeness (QED) is 0.800. The molecule has 0 atom stereocenters. The highest BCUT2D eigenvalue weighted by Gasteiger charge is 2.06. The molecule has 0 saturated carbocycles. The van der Waals surface area contributed by atoms with E-state index in [2.05, 4.69) is 15.6 Å². The molecule has 2 aromatic rings. The van der Waals surface area contributed by atoms with Crippen molar-refractivity contribution < 1.29 is 4.79 Å². The Bertz CT molecular complexity index is 605. The minimum absolute atomic E-state index is 0.0959. The standard InChI is InChI=1S/C15H15Cl2N3O/c16-12-1-2-14(13(17)9-12)20-15(21)5-8-19-10-11-3-6-18-7-4-11/h1-4,6-7,9,19H,5,8,10H2,(H,20,21). The second-order valence-electron chi connectivity index (χ2n) is 4.45. The number of aromatic nitrogens is 1. The van der Waals surface area contributed by atoms with Crippen LogP contribution in [0.25, 0.3) is 0 Å². The summed E-state index contributed by atoms with van der Waals surface area (Å²) < 4.78 is 0. The van der Waals surface area contributed by atoms with Gasteiger partial charge in [0.1, 0.15) is 0 Å². The molecule has 0 radical (unpaired) electrons. The first-order chi connectivity index (χ1) is 10.1. The van der Waals surface area contributed by atoms with Gasteiger partial charge in [0, 0.05) is 36.9 Å². The Balaban J connectivity index is 1.72. The first-order valence-corrected chi connectivity index (χ1v) is 7.25. The van der Waals surface area contributed by atoms with Crippen LogP contribution >= 0.6 is 23.2 Å². The number of amides is 1. The number of carbonyl (C=O) groups excluding carboxylic acids is 1. The molecule has 2 N–H and O–H groups in total. The first-order valence-electron chi connectivity index (χ1n) is 6.49. The Morgan fingerprint density at radius 1 is 1.14 bits per heavy atom. The predicted octanol–water partition coefficient (Wildman–Crippen LogP) is 3.51. The molecule has 0 spiro atoms. The van der Waals surface area contributed by atoms with Gasteiger partial charge in [0.05, 0.1) is 10.7 Å². The number of anilines is 1. The second kappa shape index (κ2) is 7.98. The lowest BCUT2D eigenvalue weighted by molar-refractivity contribution is -0.116. The molecule has 2 rings (SSSR count). The lowest BCUT2D eigenvalue weighted by Gasteiger charge is -2.08. The Morgan fingerprint density at radius 3 is 2.62 bits per heavy atom. The maximum absolute atomic E-state index is 11.8. The van der Waals surface area contributed by atoms with Gasteiger partial charge in [-0.2, -0.15) is 0 Å². The molecule has 21 heavy (non-hydrogen) atoms. The van der Waals surface area contributed by atoms with Crippen molar-refractivity contribution in [3.63, 3.8) is 0 Å². The van der Waals surface area contributed by atoms with Gasteiger partial charge < -0.3 is 10.6 Å². The summed E-state index contributed by atoms with van der Waals surface area (Å²) in [5.74, 6) is -0.0959. The fraction of sp³-hybridized carbons (Fsp3) is 0.200. The van der Waals surface area contributed by atoms with Crippen LogP contribution in [-0.4, -0.2) is 17.4 Å². The normalized spacial score (nSPS) is 10.4. The van der Waals surface area contributed by atoms with Crippen molar-refractivity contribution in [1.29, 1.82) is 0 Å². The van der Waals surface area contributed by atoms with E-state index in [4.69, 9.17) is 23.2 Å². The van der Waals surface area contributed by atoms with Gasteiger partial charge >= 0.3 is 0 Å². The van der Waals surface area contributed by atoms with Crippen LogP contribution < -0.4 is 10.6 Å². The molecule has 0 aliphatic rings. The fourth-order valence-electron chi connectivity index (χ4n) is 1.74. The van der Waals surface area contributed by atoms with Crippen LogP contribution in [0, 0.1) is 0 Å². The number of nitrogens with one attached hydrogen (secondary N) is 2. The zero-order valence-electron chi connectivity index (χ0n) is 11.3. The highest BCUT2D eigenvalue weighted by molar-refractivity contribution is 6.36. The molecule has 4 nitrogen and oxygen atoms in total. The number of halogens is 2. The van der Waals surface area contributed by atoms with E-state index in [1.807, 2.05) is 12.1 Å². The van der Waals surface area contributed by atoms with Crippen LogP contribution in [-0.2, 0) is 11.3 Å². The summed E-state index contributed by atoms with van der Waals surface area (Å²) in [4.78, 5) is 15.8. The SMILES string of the molecule is O=C(CCNCc1ccncc1)Nc1ccc(Cl)cc1Cl. The van der Waals surface area contributed by atoms with Gasteiger partial charge in [0.2, 0.25) is 5.91 Å². The Morgan fingerprint density at radius 2 is 1.90 bits per heavy atom. The molecule has 1 heterocycles. The Labute approximate surface area is 133 Å². The third-order valence-corrected chi connectivity index (χ3v) is 3.36. The Hall–Kier alpha value is -1.62. The van der Waals surface area contributed by atoms with Crippen molar-refractivity contribution in [2.75, 3.05) is 11.9 Å². The number of rotatable bonds is 6. The summed E-state index contributed by atoms with van der Waals surface area (Å²) in [6, 6.07) is 8.83. The lowest BCUT2D eigenvalue weighted by atomic mass is 10.2. The van der Waals surface area contributed by atoms with E-state index < -0.39 is 0 Å². The van der Waals surface area contributed by atoms with E-state index in [-0.39, 0.29) is 5.91 Å². The average molecular weight is 324 g/mol. The second-order valence-corrected chi connectivity index (χ2v) is 5.30. The number of hydrogen-bond donors (Lipinski definition) is 2. The molecule has 0 unspecified atom stereocenters. The molecule has 1 aromatic carbocycles. The Kier molecular flexibility index (Phi) is 5.99. The van der Waals surface area contributed by atoms with Crippen LogP contribution in [0.5, 0.6) is 0 Å². The summed E-state index contributed by atoms with van der Waals surface area (Å²) >= 11 is 11.8. The number of nitrogens with zero attached hydrogens (tertiary/aromatic N) is 1. The summed E-state index contributed by atoms with van der Waals surface area (Å²) in [6.07, 6.45) is 3.85. The van der Waals surface area contributed by atoms with Crippen LogP contribution in [0.1, 0.15) is 12.0 Å². The molecule has 0 aliphatic heterocycles. The number of carbonyl (C=O) groups is 1. The zero-order chi connectivity index (χ0) is 15.1. The molecule has 110 valence electrons. The minimum Gasteiger partial charge on any atom is -0.325 e. The largest absolute Gasteiger partial charge is 0.325 e. The summed E-state index contributed by atoms with van der Waals surface area (Å²) in [5.41, 5.74) is 1.70. The van der Waals surface area contributed by atoms with Crippen LogP contribution in [0.4, 0.5) is 5.69 Å². The van der Waals surface area contributed by atoms with Crippen molar-refractivity contribution >= 4 is 34.8 Å². The van der Waals surface area contributed by atoms with E-state index in [1.54, 1.807) is 30.6 Å². The van der Waals surface area contributed by atoms with Crippen molar-refractivity contribution in [3.05, 3.63) is 58.3 Å². The smallest absolute Gasteiger partial charge is 0.225 e. The highest BCUT2D eigenvalue weighted by Crippen LogP contribution is 2.25. The van der Waals surface area contributed by atoms with Gasteiger partial charge in [-0.1, -0.05) is 23.2 Å². The van der Waals surface area contributed by atoms with Crippen LogP contribution in [0.15, 0.2) is 42.7 Å². The van der Waals surface area contributed by atoms with E-state index in [0.717, 1.165) is 5.56 Å². The molecule has 1 aromatic heterocycles. The summed E-state index contributed by atoms with van der Waals surface area (Å²) in [5, 5.41) is 6.93. The number of pyridine rings is 1. The van der Waals surface area contributed by atoms with E-state index >= 15 is 0 Å². The van der Waals surface area contributed by atoms with Crippen molar-refractivity contribution in [3.8, 4) is 0 Å². The van der Waals surface area contributed by atoms with Gasteiger partial charge in [-0.25, -0.2) is 0 Å². The average Bonchev–Trinajstić information content (AvgIpc) is 2.48. The van der Waals surface area contributed by atoms with E-state index in [9.17, 15) is 4.79 Å². The summed E-state index contributed by atoms with van der Waals surface area (Å²) in [6.45, 7) is 1.29. The maximum atomic E-state index is 11.8. The lowest BCUT2D eigenvalue weighted by Crippen LogP contribution is -2.21. The molecule has 0 saturated heterocycles. The third-order valence-electron chi connectivity index (χ3n) is 2.81. The molecular formula is C15H15Cl2N3O. The number of hydrogen-bond acceptors (Lipinski definition) is 3. The highest BCUT2D eigenvalue weighted by atomic mass is 35.5. The molecule has 0 fully saturated rings. The van der Waals surface area contributed by atoms with Crippen molar-refractivity contribution in [1.82, 2.24) is 10.3 Å². The molecule has 1 amide bonds. The zero-order valence-corrected chi connectivity index (χ0v) is 12.8. The third kappa shape index (κ3) is 5.34. The van der Waals surface area contributed by atoms with Crippen LogP contribution in [0.3, 0.4) is 0 Å². The molecule has 6 heteroatoms. The maximum Gasteiger partial charge on any atom is 0.225 e. The first kappa shape index (κ1) is 15.8. The van der Waals surface area contributed by atoms with Crippen molar-refractivity contribution in [2.45, 2.75) is 13.0 Å². The van der Waals surface area contributed by atoms with Gasteiger partial charge in [0.25, 0.3) is 0 Å². The molecule has 0 aliphatic carbocycles. The monoisotopic (exact) mass is 323 g/mol. The number of benzene rings is 1. The van der Waals surface area contributed by atoms with Gasteiger partial charge in [0.15, 0.2) is 0 Å². The minimum atomic E-state index is -0.0959. The van der Waals surface area contributed by atoms with Gasteiger partial charge in [-0.15, -0.1) is 0 Å².